The number of ether oxygens (including phenoxy) is 1. The molecule has 1 rings (SSSR count). The van der Waals surface area contributed by atoms with Crippen LogP contribution in [-0.2, 0) is 9.57 Å². The van der Waals surface area contributed by atoms with E-state index in [0.29, 0.717) is 6.61 Å². The van der Waals surface area contributed by atoms with E-state index in [2.05, 4.69) is 52.4 Å². The van der Waals surface area contributed by atoms with Gasteiger partial charge < -0.3 is 9.84 Å². The summed E-state index contributed by atoms with van der Waals surface area (Å²) in [7, 11) is -0.972. The molecule has 5 heteroatoms. The van der Waals surface area contributed by atoms with Gasteiger partial charge >= 0.3 is 0 Å². The Morgan fingerprint density at radius 1 is 1.08 bits per heavy atom. The van der Waals surface area contributed by atoms with Gasteiger partial charge in [0.25, 0.3) is 0 Å². The van der Waals surface area contributed by atoms with Gasteiger partial charge in [-0.15, -0.1) is 0 Å². The van der Waals surface area contributed by atoms with Crippen molar-refractivity contribution in [3.05, 3.63) is 0 Å². The first kappa shape index (κ1) is 22.1. The maximum atomic E-state index is 9.98. The summed E-state index contributed by atoms with van der Waals surface area (Å²) in [5.41, 5.74) is -1.05. The first-order valence-corrected chi connectivity index (χ1v) is 13.1. The average molecular weight is 360 g/mol. The van der Waals surface area contributed by atoms with E-state index in [1.165, 1.54) is 12.5 Å². The summed E-state index contributed by atoms with van der Waals surface area (Å²) in [6.45, 7) is 20.8. The van der Waals surface area contributed by atoms with Gasteiger partial charge in [0.15, 0.2) is 0 Å². The fourth-order valence-corrected chi connectivity index (χ4v) is 4.92. The second kappa shape index (κ2) is 7.75. The molecule has 4 nitrogen and oxygen atoms in total. The standard InChI is InChI=1S/C19H41NO3Si/c1-17(2)13-16(22-11-10-12-24(7,8)9)14-18(3,4)20(17)23-15-19(5,6)21/h16,21H,10-15H2,1-9H3. The van der Waals surface area contributed by atoms with Crippen LogP contribution < -0.4 is 0 Å². The third kappa shape index (κ3) is 7.52. The molecular weight excluding hydrogens is 318 g/mol. The SMILES string of the molecule is CC(C)(O)CON1C(C)(C)CC(OCCC[Si](C)(C)C)CC1(C)C. The van der Waals surface area contributed by atoms with Gasteiger partial charge in [0.2, 0.25) is 0 Å². The highest BCUT2D eigenvalue weighted by Crippen LogP contribution is 2.40. The lowest BCUT2D eigenvalue weighted by Gasteiger charge is -2.54. The van der Waals surface area contributed by atoms with E-state index in [0.717, 1.165) is 19.4 Å². The number of hydrogen-bond donors (Lipinski definition) is 1. The Kier molecular flexibility index (Phi) is 7.13. The Bertz CT molecular complexity index is 378. The van der Waals surface area contributed by atoms with Gasteiger partial charge in [0.05, 0.1) is 18.3 Å². The predicted octanol–water partition coefficient (Wildman–Crippen LogP) is 4.46. The van der Waals surface area contributed by atoms with Crippen LogP contribution in [0, 0.1) is 0 Å². The highest BCUT2D eigenvalue weighted by Gasteiger charge is 2.47. The molecule has 1 saturated heterocycles. The molecule has 1 aliphatic heterocycles. The van der Waals surface area contributed by atoms with Gasteiger partial charge in [-0.1, -0.05) is 25.7 Å². The number of hydrogen-bond acceptors (Lipinski definition) is 4. The van der Waals surface area contributed by atoms with Crippen molar-refractivity contribution in [1.29, 1.82) is 0 Å². The normalized spacial score (nSPS) is 22.8. The van der Waals surface area contributed by atoms with Crippen LogP contribution in [0.4, 0.5) is 0 Å². The molecule has 0 atom stereocenters. The fourth-order valence-electron chi connectivity index (χ4n) is 3.71. The van der Waals surface area contributed by atoms with Gasteiger partial charge in [-0.25, -0.2) is 0 Å². The Morgan fingerprint density at radius 2 is 1.58 bits per heavy atom. The number of piperidine rings is 1. The Labute approximate surface area is 150 Å². The quantitative estimate of drug-likeness (QED) is 0.513. The Balaban J connectivity index is 2.60. The molecule has 0 aromatic heterocycles. The van der Waals surface area contributed by atoms with Gasteiger partial charge in [-0.3, -0.25) is 4.84 Å². The molecular formula is C19H41NO3Si. The molecule has 0 spiro atoms. The van der Waals surface area contributed by atoms with E-state index in [9.17, 15) is 5.11 Å². The summed E-state index contributed by atoms with van der Waals surface area (Å²) in [4.78, 5) is 6.03. The number of nitrogens with zero attached hydrogens (tertiary/aromatic N) is 1. The minimum atomic E-state index is -0.972. The lowest BCUT2D eigenvalue weighted by Crippen LogP contribution is -2.62. The van der Waals surface area contributed by atoms with E-state index in [4.69, 9.17) is 9.57 Å². The zero-order chi connectivity index (χ0) is 18.8. The molecule has 0 amide bonds. The van der Waals surface area contributed by atoms with Crippen LogP contribution in [0.15, 0.2) is 0 Å². The second-order valence-corrected chi connectivity index (χ2v) is 16.2. The number of hydroxylamine groups is 2. The van der Waals surface area contributed by atoms with Crippen LogP contribution in [0.25, 0.3) is 0 Å². The van der Waals surface area contributed by atoms with Crippen molar-refractivity contribution in [2.45, 2.75) is 109 Å². The van der Waals surface area contributed by atoms with E-state index < -0.39 is 13.7 Å². The topological polar surface area (TPSA) is 41.9 Å². The van der Waals surface area contributed by atoms with Gasteiger partial charge in [0, 0.05) is 25.8 Å². The summed E-state index contributed by atoms with van der Waals surface area (Å²) in [6, 6.07) is 1.33. The van der Waals surface area contributed by atoms with Crippen molar-refractivity contribution in [2.24, 2.45) is 0 Å². The summed E-state index contributed by atoms with van der Waals surface area (Å²) >= 11 is 0. The zero-order valence-corrected chi connectivity index (χ0v) is 18.5. The van der Waals surface area contributed by atoms with Crippen LogP contribution in [0.5, 0.6) is 0 Å². The van der Waals surface area contributed by atoms with Crippen molar-refractivity contribution in [1.82, 2.24) is 5.06 Å². The molecule has 0 aliphatic carbocycles. The Hall–Kier alpha value is 0.0569. The molecule has 1 aliphatic rings. The highest BCUT2D eigenvalue weighted by atomic mass is 28.3. The van der Waals surface area contributed by atoms with Crippen LogP contribution in [0.1, 0.15) is 60.8 Å². The van der Waals surface area contributed by atoms with Crippen molar-refractivity contribution >= 4 is 8.07 Å². The summed E-state index contributed by atoms with van der Waals surface area (Å²) in [5, 5.41) is 12.1. The van der Waals surface area contributed by atoms with Crippen molar-refractivity contribution in [2.75, 3.05) is 13.2 Å². The van der Waals surface area contributed by atoms with Crippen molar-refractivity contribution in [3.8, 4) is 0 Å². The van der Waals surface area contributed by atoms with Crippen LogP contribution in [-0.4, -0.2) is 54.2 Å². The van der Waals surface area contributed by atoms with Gasteiger partial charge in [0.1, 0.15) is 0 Å². The minimum absolute atomic E-state index is 0.115. The van der Waals surface area contributed by atoms with Crippen molar-refractivity contribution in [3.63, 3.8) is 0 Å². The van der Waals surface area contributed by atoms with E-state index >= 15 is 0 Å². The first-order valence-electron chi connectivity index (χ1n) is 9.40. The number of rotatable bonds is 8. The molecule has 24 heavy (non-hydrogen) atoms. The van der Waals surface area contributed by atoms with Crippen LogP contribution in [0.3, 0.4) is 0 Å². The first-order chi connectivity index (χ1) is 10.6. The maximum Gasteiger partial charge on any atom is 0.0967 e. The fraction of sp³-hybridized carbons (Fsp3) is 1.00. The van der Waals surface area contributed by atoms with Gasteiger partial charge in [-0.2, -0.15) is 5.06 Å². The van der Waals surface area contributed by atoms with Crippen LogP contribution in [0.2, 0.25) is 25.7 Å². The average Bonchev–Trinajstić information content (AvgIpc) is 2.29. The summed E-state index contributed by atoms with van der Waals surface area (Å²) in [5.74, 6) is 0. The number of aliphatic hydroxyl groups is 1. The van der Waals surface area contributed by atoms with Crippen molar-refractivity contribution < 1.29 is 14.7 Å². The third-order valence-corrected chi connectivity index (χ3v) is 6.38. The molecule has 1 heterocycles. The summed E-state index contributed by atoms with van der Waals surface area (Å²) in [6.07, 6.45) is 3.36. The molecule has 1 N–H and O–H groups in total. The van der Waals surface area contributed by atoms with E-state index in [1.54, 1.807) is 13.8 Å². The lowest BCUT2D eigenvalue weighted by atomic mass is 9.80. The molecule has 0 bridgehead atoms. The molecule has 0 aromatic carbocycles. The monoisotopic (exact) mass is 359 g/mol. The maximum absolute atomic E-state index is 9.98. The molecule has 0 unspecified atom stereocenters. The van der Waals surface area contributed by atoms with E-state index in [1.807, 2.05) is 0 Å². The highest BCUT2D eigenvalue weighted by molar-refractivity contribution is 6.76. The Morgan fingerprint density at radius 3 is 2.00 bits per heavy atom. The molecule has 1 fully saturated rings. The molecule has 0 radical (unpaired) electrons. The zero-order valence-electron chi connectivity index (χ0n) is 17.5. The molecule has 0 aromatic rings. The van der Waals surface area contributed by atoms with E-state index in [-0.39, 0.29) is 17.2 Å². The summed E-state index contributed by atoms with van der Waals surface area (Å²) < 4.78 is 6.23. The van der Waals surface area contributed by atoms with Gasteiger partial charge in [-0.05, 0) is 60.8 Å². The predicted molar refractivity (Wildman–Crippen MR) is 104 cm³/mol. The molecule has 0 saturated carbocycles. The lowest BCUT2D eigenvalue weighted by molar-refractivity contribution is -0.308. The van der Waals surface area contributed by atoms with Crippen LogP contribution >= 0.6 is 0 Å². The smallest absolute Gasteiger partial charge is 0.0967 e. The minimum Gasteiger partial charge on any atom is -0.388 e. The second-order valence-electron chi connectivity index (χ2n) is 10.6. The largest absolute Gasteiger partial charge is 0.388 e. The molecule has 144 valence electrons. The third-order valence-electron chi connectivity index (χ3n) is 4.53.